The third kappa shape index (κ3) is 3.47. The van der Waals surface area contributed by atoms with E-state index in [0.29, 0.717) is 0 Å². The first kappa shape index (κ1) is 18.1. The van der Waals surface area contributed by atoms with Crippen LogP contribution in [0.3, 0.4) is 0 Å². The van der Waals surface area contributed by atoms with E-state index >= 15 is 0 Å². The Morgan fingerprint density at radius 3 is 1.79 bits per heavy atom. The molecule has 140 valence electrons. The van der Waals surface area contributed by atoms with Gasteiger partial charge in [-0.3, -0.25) is 0 Å². The van der Waals surface area contributed by atoms with Crippen molar-refractivity contribution in [1.29, 1.82) is 0 Å². The highest BCUT2D eigenvalue weighted by atomic mass is 79.9. The van der Waals surface area contributed by atoms with Crippen LogP contribution in [0.25, 0.3) is 43.8 Å². The summed E-state index contributed by atoms with van der Waals surface area (Å²) in [6, 6.07) is 33.3. The molecule has 0 bridgehead atoms. The number of fused-ring (bicyclic) bond motifs is 2. The molecule has 5 aromatic carbocycles. The molecule has 0 atom stereocenters. The molecular formula is C28H21Br. The summed E-state index contributed by atoms with van der Waals surface area (Å²) >= 11 is 3.72. The minimum absolute atomic E-state index is 1.11. The number of hydrogen-bond acceptors (Lipinski definition) is 0. The summed E-state index contributed by atoms with van der Waals surface area (Å²) in [6.45, 7) is 4.25. The predicted molar refractivity (Wildman–Crippen MR) is 130 cm³/mol. The van der Waals surface area contributed by atoms with Gasteiger partial charge in [-0.25, -0.2) is 0 Å². The van der Waals surface area contributed by atoms with Crippen molar-refractivity contribution in [3.05, 3.63) is 107 Å². The van der Waals surface area contributed by atoms with E-state index in [0.717, 1.165) is 4.47 Å². The molecular weight excluding hydrogens is 416 g/mol. The second-order valence-electron chi connectivity index (χ2n) is 7.82. The Kier molecular flexibility index (Phi) is 4.49. The highest BCUT2D eigenvalue weighted by Crippen LogP contribution is 2.36. The van der Waals surface area contributed by atoms with Crippen molar-refractivity contribution >= 4 is 37.5 Å². The molecule has 0 aromatic heterocycles. The molecule has 0 fully saturated rings. The second-order valence-corrected chi connectivity index (χ2v) is 8.74. The van der Waals surface area contributed by atoms with E-state index in [2.05, 4.69) is 121 Å². The topological polar surface area (TPSA) is 0 Å². The number of hydrogen-bond donors (Lipinski definition) is 0. The van der Waals surface area contributed by atoms with Crippen LogP contribution in [0.15, 0.2) is 95.5 Å². The van der Waals surface area contributed by atoms with Crippen LogP contribution in [-0.2, 0) is 0 Å². The Morgan fingerprint density at radius 2 is 1.10 bits per heavy atom. The molecule has 5 aromatic rings. The van der Waals surface area contributed by atoms with Crippen molar-refractivity contribution < 1.29 is 0 Å². The van der Waals surface area contributed by atoms with E-state index in [1.807, 2.05) is 0 Å². The minimum Gasteiger partial charge on any atom is -0.0587 e. The number of aryl methyl sites for hydroxylation is 2. The maximum Gasteiger partial charge on any atom is 0.0187 e. The van der Waals surface area contributed by atoms with Gasteiger partial charge in [0, 0.05) is 4.47 Å². The van der Waals surface area contributed by atoms with E-state index in [-0.39, 0.29) is 0 Å². The van der Waals surface area contributed by atoms with Crippen LogP contribution in [0.4, 0.5) is 0 Å². The van der Waals surface area contributed by atoms with Crippen LogP contribution in [0, 0.1) is 13.8 Å². The zero-order valence-corrected chi connectivity index (χ0v) is 18.1. The zero-order chi connectivity index (χ0) is 20.0. The molecule has 0 saturated heterocycles. The number of rotatable bonds is 2. The fourth-order valence-corrected chi connectivity index (χ4v) is 4.45. The summed E-state index contributed by atoms with van der Waals surface area (Å²) in [6.07, 6.45) is 0. The van der Waals surface area contributed by atoms with Crippen LogP contribution in [-0.4, -0.2) is 0 Å². The first-order valence-corrected chi connectivity index (χ1v) is 10.7. The number of benzene rings is 5. The molecule has 5 rings (SSSR count). The van der Waals surface area contributed by atoms with Gasteiger partial charge in [0.1, 0.15) is 0 Å². The van der Waals surface area contributed by atoms with Gasteiger partial charge in [-0.05, 0) is 88.0 Å². The van der Waals surface area contributed by atoms with Gasteiger partial charge < -0.3 is 0 Å². The fourth-order valence-electron chi connectivity index (χ4n) is 3.97. The monoisotopic (exact) mass is 436 g/mol. The lowest BCUT2D eigenvalue weighted by molar-refractivity contribution is 1.47. The standard InChI is InChI=1S/C28H21Br/c1-18-3-7-20(8-4-18)22-11-12-23-16-27-25(14-24(23)13-22)15-26(29)17-28(27)21-9-5-19(2)6-10-21/h3-17H,1-2H3. The number of halogens is 1. The largest absolute Gasteiger partial charge is 0.0587 e. The lowest BCUT2D eigenvalue weighted by Gasteiger charge is -2.12. The first-order valence-electron chi connectivity index (χ1n) is 9.88. The van der Waals surface area contributed by atoms with E-state index < -0.39 is 0 Å². The Bertz CT molecular complexity index is 1340. The predicted octanol–water partition coefficient (Wildman–Crippen LogP) is 8.71. The molecule has 1 heteroatoms. The summed E-state index contributed by atoms with van der Waals surface area (Å²) < 4.78 is 1.11. The van der Waals surface area contributed by atoms with Crippen molar-refractivity contribution in [2.24, 2.45) is 0 Å². The minimum atomic E-state index is 1.11. The van der Waals surface area contributed by atoms with Crippen LogP contribution >= 0.6 is 15.9 Å². The Labute approximate surface area is 180 Å². The van der Waals surface area contributed by atoms with Gasteiger partial charge in [-0.1, -0.05) is 87.7 Å². The molecule has 0 saturated carbocycles. The molecule has 0 unspecified atom stereocenters. The summed E-state index contributed by atoms with van der Waals surface area (Å²) in [5.41, 5.74) is 7.59. The van der Waals surface area contributed by atoms with Crippen molar-refractivity contribution in [1.82, 2.24) is 0 Å². The summed E-state index contributed by atoms with van der Waals surface area (Å²) in [5.74, 6) is 0. The molecule has 0 heterocycles. The average molecular weight is 437 g/mol. The van der Waals surface area contributed by atoms with Gasteiger partial charge in [0.25, 0.3) is 0 Å². The molecule has 29 heavy (non-hydrogen) atoms. The van der Waals surface area contributed by atoms with Crippen LogP contribution in [0.1, 0.15) is 11.1 Å². The maximum absolute atomic E-state index is 3.72. The van der Waals surface area contributed by atoms with E-state index in [9.17, 15) is 0 Å². The summed E-state index contributed by atoms with van der Waals surface area (Å²) in [4.78, 5) is 0. The third-order valence-electron chi connectivity index (χ3n) is 5.62. The highest BCUT2D eigenvalue weighted by molar-refractivity contribution is 9.10. The SMILES string of the molecule is Cc1ccc(-c2ccc3cc4c(-c5ccc(C)cc5)cc(Br)cc4cc3c2)cc1. The molecule has 0 aliphatic rings. The third-order valence-corrected chi connectivity index (χ3v) is 6.08. The Balaban J connectivity index is 1.71. The van der Waals surface area contributed by atoms with Gasteiger partial charge in [0.05, 0.1) is 0 Å². The molecule has 0 amide bonds. The van der Waals surface area contributed by atoms with Crippen LogP contribution < -0.4 is 0 Å². The van der Waals surface area contributed by atoms with Gasteiger partial charge in [-0.2, -0.15) is 0 Å². The first-order chi connectivity index (χ1) is 14.1. The van der Waals surface area contributed by atoms with E-state index in [4.69, 9.17) is 0 Å². The fraction of sp³-hybridized carbons (Fsp3) is 0.0714. The molecule has 0 spiro atoms. The summed E-state index contributed by atoms with van der Waals surface area (Å²) in [7, 11) is 0. The van der Waals surface area contributed by atoms with Gasteiger partial charge in [0.15, 0.2) is 0 Å². The van der Waals surface area contributed by atoms with Crippen LogP contribution in [0.5, 0.6) is 0 Å². The lowest BCUT2D eigenvalue weighted by Crippen LogP contribution is -1.85. The van der Waals surface area contributed by atoms with E-state index in [1.165, 1.54) is 54.9 Å². The Morgan fingerprint density at radius 1 is 0.483 bits per heavy atom. The lowest BCUT2D eigenvalue weighted by atomic mass is 9.94. The van der Waals surface area contributed by atoms with Crippen molar-refractivity contribution in [3.63, 3.8) is 0 Å². The smallest absolute Gasteiger partial charge is 0.0187 e. The molecule has 0 nitrogen and oxygen atoms in total. The highest BCUT2D eigenvalue weighted by Gasteiger charge is 2.09. The van der Waals surface area contributed by atoms with E-state index in [1.54, 1.807) is 0 Å². The Hall–Kier alpha value is -2.90. The molecule has 0 aliphatic heterocycles. The summed E-state index contributed by atoms with van der Waals surface area (Å²) in [5, 5.41) is 5.07. The van der Waals surface area contributed by atoms with Crippen molar-refractivity contribution in [3.8, 4) is 22.3 Å². The average Bonchev–Trinajstić information content (AvgIpc) is 2.72. The normalized spacial score (nSPS) is 11.3. The van der Waals surface area contributed by atoms with Gasteiger partial charge >= 0.3 is 0 Å². The maximum atomic E-state index is 3.72. The van der Waals surface area contributed by atoms with Crippen molar-refractivity contribution in [2.45, 2.75) is 13.8 Å². The van der Waals surface area contributed by atoms with Crippen molar-refractivity contribution in [2.75, 3.05) is 0 Å². The molecule has 0 aliphatic carbocycles. The molecule has 0 radical (unpaired) electrons. The second kappa shape index (κ2) is 7.17. The molecule has 0 N–H and O–H groups in total. The van der Waals surface area contributed by atoms with Gasteiger partial charge in [0.2, 0.25) is 0 Å². The quantitative estimate of drug-likeness (QED) is 0.242. The zero-order valence-electron chi connectivity index (χ0n) is 16.5. The van der Waals surface area contributed by atoms with Gasteiger partial charge in [-0.15, -0.1) is 0 Å². The van der Waals surface area contributed by atoms with Crippen LogP contribution in [0.2, 0.25) is 0 Å².